The van der Waals surface area contributed by atoms with Gasteiger partial charge in [0.05, 0.1) is 0 Å². The van der Waals surface area contributed by atoms with E-state index in [1.54, 1.807) is 0 Å². The minimum absolute atomic E-state index is 0.239. The van der Waals surface area contributed by atoms with E-state index in [1.165, 1.54) is 0 Å². The van der Waals surface area contributed by atoms with E-state index in [1.807, 2.05) is 11.9 Å². The van der Waals surface area contributed by atoms with Gasteiger partial charge in [0.15, 0.2) is 11.0 Å². The quantitative estimate of drug-likeness (QED) is 0.720. The van der Waals surface area contributed by atoms with E-state index >= 15 is 0 Å². The van der Waals surface area contributed by atoms with Crippen LogP contribution in [0.15, 0.2) is 0 Å². The fourth-order valence-corrected chi connectivity index (χ4v) is 1.59. The molecule has 0 bridgehead atoms. The lowest BCUT2D eigenvalue weighted by Crippen LogP contribution is -2.31. The minimum atomic E-state index is 0.239. The molecule has 0 aliphatic carbocycles. The van der Waals surface area contributed by atoms with Crippen LogP contribution in [0.1, 0.15) is 0 Å². The molecule has 1 aliphatic rings. The standard InChI is InChI=1S/C7H8Cl2N4/c1-13-3-2-10-5-4(8)6(9)11-12-7(5)13/h10H,2-3H2,1H3. The molecule has 0 saturated carbocycles. The lowest BCUT2D eigenvalue weighted by atomic mass is 10.3. The number of fused-ring (bicyclic) bond motifs is 1. The van der Waals surface area contributed by atoms with Crippen LogP contribution < -0.4 is 10.2 Å². The van der Waals surface area contributed by atoms with Gasteiger partial charge in [0, 0.05) is 20.1 Å². The predicted octanol–water partition coefficient (Wildman–Crippen LogP) is 1.65. The van der Waals surface area contributed by atoms with Gasteiger partial charge in [-0.2, -0.15) is 0 Å². The highest BCUT2D eigenvalue weighted by Crippen LogP contribution is 2.35. The van der Waals surface area contributed by atoms with Crippen molar-refractivity contribution in [1.82, 2.24) is 10.2 Å². The molecule has 0 fully saturated rings. The largest absolute Gasteiger partial charge is 0.379 e. The summed E-state index contributed by atoms with van der Waals surface area (Å²) in [6.45, 7) is 1.73. The van der Waals surface area contributed by atoms with Gasteiger partial charge in [-0.3, -0.25) is 0 Å². The Morgan fingerprint density at radius 1 is 1.38 bits per heavy atom. The Balaban J connectivity index is 2.56. The molecular weight excluding hydrogens is 211 g/mol. The summed E-state index contributed by atoms with van der Waals surface area (Å²) in [4.78, 5) is 1.99. The molecule has 0 atom stereocenters. The Kier molecular flexibility index (Phi) is 2.17. The van der Waals surface area contributed by atoms with E-state index in [2.05, 4.69) is 15.5 Å². The number of likely N-dealkylation sites (N-methyl/N-ethyl adjacent to an activating group) is 1. The van der Waals surface area contributed by atoms with Crippen LogP contribution in [0.2, 0.25) is 10.2 Å². The van der Waals surface area contributed by atoms with Crippen LogP contribution in [0.25, 0.3) is 0 Å². The smallest absolute Gasteiger partial charge is 0.176 e. The average Bonchev–Trinajstić information content (AvgIpc) is 2.12. The Bertz CT molecular complexity index is 342. The molecule has 0 amide bonds. The second kappa shape index (κ2) is 3.20. The van der Waals surface area contributed by atoms with E-state index < -0.39 is 0 Å². The topological polar surface area (TPSA) is 41.0 Å². The van der Waals surface area contributed by atoms with Crippen molar-refractivity contribution in [3.63, 3.8) is 0 Å². The van der Waals surface area contributed by atoms with Gasteiger partial charge in [0.2, 0.25) is 0 Å². The highest BCUT2D eigenvalue weighted by molar-refractivity contribution is 6.43. The summed E-state index contributed by atoms with van der Waals surface area (Å²) in [5, 5.41) is 11.5. The van der Waals surface area contributed by atoms with E-state index in [0.717, 1.165) is 24.6 Å². The highest BCUT2D eigenvalue weighted by Gasteiger charge is 2.19. The summed E-state index contributed by atoms with van der Waals surface area (Å²) < 4.78 is 0. The van der Waals surface area contributed by atoms with Crippen molar-refractivity contribution in [2.45, 2.75) is 0 Å². The van der Waals surface area contributed by atoms with Gasteiger partial charge in [-0.15, -0.1) is 10.2 Å². The third-order valence-electron chi connectivity index (χ3n) is 1.97. The number of hydrogen-bond donors (Lipinski definition) is 1. The Morgan fingerprint density at radius 2 is 2.15 bits per heavy atom. The molecule has 2 rings (SSSR count). The van der Waals surface area contributed by atoms with Crippen molar-refractivity contribution in [3.8, 4) is 0 Å². The van der Waals surface area contributed by atoms with Gasteiger partial charge in [0.1, 0.15) is 10.7 Å². The lowest BCUT2D eigenvalue weighted by Gasteiger charge is -2.27. The van der Waals surface area contributed by atoms with Crippen LogP contribution in [-0.2, 0) is 0 Å². The molecule has 0 saturated heterocycles. The van der Waals surface area contributed by atoms with Crippen LogP contribution >= 0.6 is 23.2 Å². The molecule has 1 aromatic heterocycles. The maximum absolute atomic E-state index is 5.95. The van der Waals surface area contributed by atoms with Crippen molar-refractivity contribution in [2.24, 2.45) is 0 Å². The maximum Gasteiger partial charge on any atom is 0.176 e. The zero-order valence-corrected chi connectivity index (χ0v) is 8.52. The fraction of sp³-hybridized carbons (Fsp3) is 0.429. The van der Waals surface area contributed by atoms with Gasteiger partial charge in [-0.1, -0.05) is 23.2 Å². The average molecular weight is 219 g/mol. The summed E-state index contributed by atoms with van der Waals surface area (Å²) in [6, 6.07) is 0. The van der Waals surface area contributed by atoms with Gasteiger partial charge >= 0.3 is 0 Å². The van der Waals surface area contributed by atoms with Crippen molar-refractivity contribution >= 4 is 34.7 Å². The normalized spacial score (nSPS) is 15.2. The number of nitrogens with one attached hydrogen (secondary N) is 1. The second-order valence-electron chi connectivity index (χ2n) is 2.85. The van der Waals surface area contributed by atoms with Gasteiger partial charge in [-0.25, -0.2) is 0 Å². The van der Waals surface area contributed by atoms with Gasteiger partial charge < -0.3 is 10.2 Å². The van der Waals surface area contributed by atoms with E-state index in [4.69, 9.17) is 23.2 Å². The molecule has 0 spiro atoms. The van der Waals surface area contributed by atoms with Crippen LogP contribution in [0.4, 0.5) is 11.5 Å². The zero-order valence-electron chi connectivity index (χ0n) is 7.01. The first kappa shape index (κ1) is 8.84. The lowest BCUT2D eigenvalue weighted by molar-refractivity contribution is 0.837. The molecule has 0 aromatic carbocycles. The molecule has 1 aromatic rings. The van der Waals surface area contributed by atoms with Crippen LogP contribution in [0.3, 0.4) is 0 Å². The fourth-order valence-electron chi connectivity index (χ4n) is 1.26. The van der Waals surface area contributed by atoms with Crippen LogP contribution in [0.5, 0.6) is 0 Å². The highest BCUT2D eigenvalue weighted by atomic mass is 35.5. The third-order valence-corrected chi connectivity index (χ3v) is 2.70. The van der Waals surface area contributed by atoms with Crippen molar-refractivity contribution < 1.29 is 0 Å². The van der Waals surface area contributed by atoms with E-state index in [-0.39, 0.29) is 5.15 Å². The number of nitrogens with zero attached hydrogens (tertiary/aromatic N) is 3. The number of anilines is 2. The summed E-state index contributed by atoms with van der Waals surface area (Å²) in [5.41, 5.74) is 0.774. The predicted molar refractivity (Wildman–Crippen MR) is 53.8 cm³/mol. The molecule has 70 valence electrons. The SMILES string of the molecule is CN1CCNc2c1nnc(Cl)c2Cl. The summed E-state index contributed by atoms with van der Waals surface area (Å²) >= 11 is 11.7. The third kappa shape index (κ3) is 1.40. The molecule has 13 heavy (non-hydrogen) atoms. The van der Waals surface area contributed by atoms with Crippen LogP contribution in [-0.4, -0.2) is 30.3 Å². The monoisotopic (exact) mass is 218 g/mol. The van der Waals surface area contributed by atoms with Crippen molar-refractivity contribution in [1.29, 1.82) is 0 Å². The molecular formula is C7H8Cl2N4. The van der Waals surface area contributed by atoms with E-state index in [0.29, 0.717) is 5.02 Å². The van der Waals surface area contributed by atoms with Crippen molar-refractivity contribution in [3.05, 3.63) is 10.2 Å². The molecule has 6 heteroatoms. The first-order chi connectivity index (χ1) is 6.20. The van der Waals surface area contributed by atoms with Gasteiger partial charge in [0.25, 0.3) is 0 Å². The maximum atomic E-state index is 5.95. The number of aromatic nitrogens is 2. The number of hydrogen-bond acceptors (Lipinski definition) is 4. The number of halogens is 2. The molecule has 1 aliphatic heterocycles. The first-order valence-corrected chi connectivity index (χ1v) is 4.62. The molecule has 0 unspecified atom stereocenters. The first-order valence-electron chi connectivity index (χ1n) is 3.87. The Labute approximate surface area is 85.8 Å². The van der Waals surface area contributed by atoms with Crippen molar-refractivity contribution in [2.75, 3.05) is 30.4 Å². The summed E-state index contributed by atoms with van der Waals surface area (Å²) in [6.07, 6.45) is 0. The summed E-state index contributed by atoms with van der Waals surface area (Å²) in [7, 11) is 1.94. The van der Waals surface area contributed by atoms with Crippen LogP contribution in [0, 0.1) is 0 Å². The van der Waals surface area contributed by atoms with Gasteiger partial charge in [-0.05, 0) is 0 Å². The molecule has 1 N–H and O–H groups in total. The summed E-state index contributed by atoms with van der Waals surface area (Å²) in [5.74, 6) is 0.751. The number of rotatable bonds is 0. The molecule has 0 radical (unpaired) electrons. The minimum Gasteiger partial charge on any atom is -0.379 e. The zero-order chi connectivity index (χ0) is 9.42. The second-order valence-corrected chi connectivity index (χ2v) is 3.59. The Hall–Kier alpha value is -0.740. The van der Waals surface area contributed by atoms with E-state index in [9.17, 15) is 0 Å². The molecule has 2 heterocycles. The Morgan fingerprint density at radius 3 is 2.92 bits per heavy atom. The molecule has 4 nitrogen and oxygen atoms in total.